The fraction of sp³-hybridized carbons (Fsp3) is 0.308. The molecule has 0 aliphatic carbocycles. The number of benzene rings is 2. The van der Waals surface area contributed by atoms with E-state index in [1.54, 1.807) is 37.7 Å². The molecule has 6 heteroatoms. The van der Waals surface area contributed by atoms with Crippen molar-refractivity contribution in [3.05, 3.63) is 77.6 Å². The first-order valence-electron chi connectivity index (χ1n) is 10.7. The average Bonchev–Trinajstić information content (AvgIpc) is 2.80. The Morgan fingerprint density at radius 1 is 0.906 bits per heavy atom. The second kappa shape index (κ2) is 11.7. The number of anilines is 1. The number of methoxy groups -OCH3 is 1. The highest BCUT2D eigenvalue weighted by Crippen LogP contribution is 2.31. The standard InChI is InChI=1S/C26H30N2O4/c1-19-7-8-20(2)24(16-19)31-15-5-4-6-26(29)28-22-9-10-23(30-3)25(17-22)32-18-21-11-13-27-14-12-21/h7-14,16-17H,4-6,15,18H2,1-3H3,(H,28,29). The maximum Gasteiger partial charge on any atom is 0.224 e. The molecule has 6 nitrogen and oxygen atoms in total. The van der Waals surface area contributed by atoms with Crippen molar-refractivity contribution in [3.63, 3.8) is 0 Å². The summed E-state index contributed by atoms with van der Waals surface area (Å²) >= 11 is 0. The van der Waals surface area contributed by atoms with Gasteiger partial charge in [0.15, 0.2) is 11.5 Å². The Labute approximate surface area is 189 Å². The molecule has 1 N–H and O–H groups in total. The SMILES string of the molecule is COc1ccc(NC(=O)CCCCOc2cc(C)ccc2C)cc1OCc1ccncc1. The van der Waals surface area contributed by atoms with Crippen LogP contribution in [0.3, 0.4) is 0 Å². The highest BCUT2D eigenvalue weighted by Gasteiger charge is 2.09. The van der Waals surface area contributed by atoms with Crippen LogP contribution in [0.15, 0.2) is 60.9 Å². The van der Waals surface area contributed by atoms with Crippen LogP contribution in [-0.2, 0) is 11.4 Å². The van der Waals surface area contributed by atoms with Gasteiger partial charge in [-0.1, -0.05) is 12.1 Å². The number of ether oxygens (including phenoxy) is 3. The van der Waals surface area contributed by atoms with E-state index < -0.39 is 0 Å². The van der Waals surface area contributed by atoms with Gasteiger partial charge in [-0.3, -0.25) is 9.78 Å². The van der Waals surface area contributed by atoms with Gasteiger partial charge in [0.25, 0.3) is 0 Å². The largest absolute Gasteiger partial charge is 0.493 e. The number of aromatic nitrogens is 1. The number of carbonyl (C=O) groups excluding carboxylic acids is 1. The number of pyridine rings is 1. The van der Waals surface area contributed by atoms with Crippen LogP contribution in [0.1, 0.15) is 36.0 Å². The minimum Gasteiger partial charge on any atom is -0.493 e. The summed E-state index contributed by atoms with van der Waals surface area (Å²) in [6.45, 7) is 5.06. The van der Waals surface area contributed by atoms with Crippen molar-refractivity contribution in [1.29, 1.82) is 0 Å². The van der Waals surface area contributed by atoms with Crippen LogP contribution in [-0.4, -0.2) is 24.6 Å². The Kier molecular flexibility index (Phi) is 8.49. The van der Waals surface area contributed by atoms with Gasteiger partial charge in [0.05, 0.1) is 13.7 Å². The third-order valence-corrected chi connectivity index (χ3v) is 4.99. The molecule has 168 valence electrons. The Morgan fingerprint density at radius 3 is 2.50 bits per heavy atom. The van der Waals surface area contributed by atoms with Crippen molar-refractivity contribution in [2.75, 3.05) is 19.0 Å². The summed E-state index contributed by atoms with van der Waals surface area (Å²) in [6, 6.07) is 15.3. The Balaban J connectivity index is 1.45. The summed E-state index contributed by atoms with van der Waals surface area (Å²) < 4.78 is 17.1. The van der Waals surface area contributed by atoms with Crippen LogP contribution in [0.25, 0.3) is 0 Å². The molecule has 1 amide bonds. The number of rotatable bonds is 11. The molecule has 0 saturated heterocycles. The molecule has 0 aliphatic heterocycles. The van der Waals surface area contributed by atoms with Gasteiger partial charge in [-0.05, 0) is 73.7 Å². The van der Waals surface area contributed by atoms with Crippen molar-refractivity contribution in [2.24, 2.45) is 0 Å². The molecule has 1 aromatic heterocycles. The monoisotopic (exact) mass is 434 g/mol. The van der Waals surface area contributed by atoms with E-state index in [0.29, 0.717) is 36.8 Å². The van der Waals surface area contributed by atoms with E-state index >= 15 is 0 Å². The zero-order chi connectivity index (χ0) is 22.8. The summed E-state index contributed by atoms with van der Waals surface area (Å²) in [5.41, 5.74) is 3.97. The molecule has 0 spiro atoms. The molecule has 1 heterocycles. The molecule has 0 fully saturated rings. The number of unbranched alkanes of at least 4 members (excludes halogenated alkanes) is 1. The zero-order valence-electron chi connectivity index (χ0n) is 18.9. The number of amides is 1. The van der Waals surface area contributed by atoms with Crippen LogP contribution in [0.4, 0.5) is 5.69 Å². The van der Waals surface area contributed by atoms with Crippen LogP contribution in [0, 0.1) is 13.8 Å². The summed E-state index contributed by atoms with van der Waals surface area (Å²) in [5, 5.41) is 2.93. The lowest BCUT2D eigenvalue weighted by Gasteiger charge is -2.13. The van der Waals surface area contributed by atoms with Crippen molar-refractivity contribution < 1.29 is 19.0 Å². The number of aryl methyl sites for hydroxylation is 2. The number of hydrogen-bond acceptors (Lipinski definition) is 5. The Bertz CT molecular complexity index is 1020. The van der Waals surface area contributed by atoms with Crippen LogP contribution >= 0.6 is 0 Å². The fourth-order valence-corrected chi connectivity index (χ4v) is 3.16. The first kappa shape index (κ1) is 23.1. The maximum atomic E-state index is 12.4. The second-order valence-corrected chi connectivity index (χ2v) is 7.63. The second-order valence-electron chi connectivity index (χ2n) is 7.63. The first-order chi connectivity index (χ1) is 15.5. The smallest absolute Gasteiger partial charge is 0.224 e. The third kappa shape index (κ3) is 7.01. The van der Waals surface area contributed by atoms with E-state index in [-0.39, 0.29) is 5.91 Å². The van der Waals surface area contributed by atoms with Crippen LogP contribution in [0.5, 0.6) is 17.2 Å². The Hall–Kier alpha value is -3.54. The molecule has 0 saturated carbocycles. The highest BCUT2D eigenvalue weighted by atomic mass is 16.5. The lowest BCUT2D eigenvalue weighted by Crippen LogP contribution is -2.12. The summed E-state index contributed by atoms with van der Waals surface area (Å²) in [5.74, 6) is 2.05. The summed E-state index contributed by atoms with van der Waals surface area (Å²) in [4.78, 5) is 16.4. The van der Waals surface area contributed by atoms with E-state index in [2.05, 4.69) is 22.4 Å². The minimum absolute atomic E-state index is 0.0398. The maximum absolute atomic E-state index is 12.4. The molecule has 0 unspecified atom stereocenters. The van der Waals surface area contributed by atoms with Gasteiger partial charge >= 0.3 is 0 Å². The van der Waals surface area contributed by atoms with E-state index in [9.17, 15) is 4.79 Å². The third-order valence-electron chi connectivity index (χ3n) is 4.99. The normalized spacial score (nSPS) is 10.5. The number of hydrogen-bond donors (Lipinski definition) is 1. The van der Waals surface area contributed by atoms with Crippen molar-refractivity contribution in [2.45, 2.75) is 39.7 Å². The number of nitrogens with zero attached hydrogens (tertiary/aromatic N) is 1. The van der Waals surface area contributed by atoms with Crippen molar-refractivity contribution >= 4 is 11.6 Å². The topological polar surface area (TPSA) is 69.7 Å². The molecule has 3 aromatic rings. The van der Waals surface area contributed by atoms with Crippen molar-refractivity contribution in [3.8, 4) is 17.2 Å². The lowest BCUT2D eigenvalue weighted by molar-refractivity contribution is -0.116. The van der Waals surface area contributed by atoms with Gasteiger partial charge in [0.2, 0.25) is 5.91 Å². The predicted octanol–water partition coefficient (Wildman–Crippen LogP) is 5.47. The quantitative estimate of drug-likeness (QED) is 0.405. The molecule has 3 rings (SSSR count). The van der Waals surface area contributed by atoms with Crippen LogP contribution in [0.2, 0.25) is 0 Å². The molecular formula is C26H30N2O4. The van der Waals surface area contributed by atoms with Gasteiger partial charge in [0.1, 0.15) is 12.4 Å². The van der Waals surface area contributed by atoms with Gasteiger partial charge in [-0.15, -0.1) is 0 Å². The van der Waals surface area contributed by atoms with Gasteiger partial charge in [-0.25, -0.2) is 0 Å². The molecule has 32 heavy (non-hydrogen) atoms. The van der Waals surface area contributed by atoms with Gasteiger partial charge < -0.3 is 19.5 Å². The van der Waals surface area contributed by atoms with E-state index in [0.717, 1.165) is 29.7 Å². The molecule has 0 bridgehead atoms. The molecule has 0 aliphatic rings. The molecule has 2 aromatic carbocycles. The average molecular weight is 435 g/mol. The molecular weight excluding hydrogens is 404 g/mol. The van der Waals surface area contributed by atoms with E-state index in [4.69, 9.17) is 14.2 Å². The number of nitrogens with one attached hydrogen (secondary N) is 1. The zero-order valence-corrected chi connectivity index (χ0v) is 18.9. The molecule has 0 atom stereocenters. The highest BCUT2D eigenvalue weighted by molar-refractivity contribution is 5.91. The van der Waals surface area contributed by atoms with E-state index in [1.807, 2.05) is 32.0 Å². The van der Waals surface area contributed by atoms with Gasteiger partial charge in [0, 0.05) is 30.6 Å². The van der Waals surface area contributed by atoms with E-state index in [1.165, 1.54) is 5.56 Å². The fourth-order valence-electron chi connectivity index (χ4n) is 3.16. The van der Waals surface area contributed by atoms with Crippen LogP contribution < -0.4 is 19.5 Å². The summed E-state index contributed by atoms with van der Waals surface area (Å²) in [7, 11) is 1.59. The Morgan fingerprint density at radius 2 is 1.72 bits per heavy atom. The number of carbonyl (C=O) groups is 1. The predicted molar refractivity (Wildman–Crippen MR) is 125 cm³/mol. The van der Waals surface area contributed by atoms with Gasteiger partial charge in [-0.2, -0.15) is 0 Å². The molecule has 0 radical (unpaired) electrons. The minimum atomic E-state index is -0.0398. The van der Waals surface area contributed by atoms with Crippen molar-refractivity contribution in [1.82, 2.24) is 4.98 Å². The lowest BCUT2D eigenvalue weighted by atomic mass is 10.1. The summed E-state index contributed by atoms with van der Waals surface area (Å²) in [6.07, 6.45) is 5.43. The first-order valence-corrected chi connectivity index (χ1v) is 10.7.